The van der Waals surface area contributed by atoms with E-state index in [2.05, 4.69) is 10.4 Å². The number of hydrogen-bond donors (Lipinski definition) is 1. The maximum absolute atomic E-state index is 12.6. The molecule has 1 heterocycles. The molecule has 0 fully saturated rings. The first-order chi connectivity index (χ1) is 14.0. The van der Waals surface area contributed by atoms with Gasteiger partial charge in [-0.05, 0) is 30.2 Å². The molecule has 0 saturated carbocycles. The van der Waals surface area contributed by atoms with Crippen LogP contribution in [0.25, 0.3) is 5.69 Å². The number of carbonyl (C=O) groups is 1. The van der Waals surface area contributed by atoms with Gasteiger partial charge in [-0.1, -0.05) is 43.6 Å². The van der Waals surface area contributed by atoms with Crippen molar-refractivity contribution in [2.75, 3.05) is 13.7 Å². The molecule has 6 nitrogen and oxygen atoms in total. The van der Waals surface area contributed by atoms with E-state index in [4.69, 9.17) is 21.1 Å². The molecule has 1 N–H and O–H groups in total. The second-order valence-electron chi connectivity index (χ2n) is 7.01. The minimum atomic E-state index is -0.256. The van der Waals surface area contributed by atoms with Crippen LogP contribution >= 0.6 is 11.6 Å². The number of methoxy groups -OCH3 is 1. The Kier molecular flexibility index (Phi) is 6.77. The van der Waals surface area contributed by atoms with Crippen molar-refractivity contribution in [2.45, 2.75) is 20.4 Å². The van der Waals surface area contributed by atoms with Gasteiger partial charge in [0.1, 0.15) is 0 Å². The number of ether oxygens (including phenoxy) is 2. The highest BCUT2D eigenvalue weighted by molar-refractivity contribution is 6.32. The van der Waals surface area contributed by atoms with E-state index in [1.165, 1.54) is 7.11 Å². The summed E-state index contributed by atoms with van der Waals surface area (Å²) in [6.45, 7) is 4.94. The smallest absolute Gasteiger partial charge is 0.251 e. The summed E-state index contributed by atoms with van der Waals surface area (Å²) in [7, 11) is 1.52. The number of para-hydroxylation sites is 1. The van der Waals surface area contributed by atoms with Gasteiger partial charge in [0, 0.05) is 23.9 Å². The Morgan fingerprint density at radius 1 is 1.24 bits per heavy atom. The van der Waals surface area contributed by atoms with E-state index in [1.54, 1.807) is 23.0 Å². The Labute approximate surface area is 175 Å². The molecule has 0 spiro atoms. The quantitative estimate of drug-likeness (QED) is 0.590. The summed E-state index contributed by atoms with van der Waals surface area (Å²) >= 11 is 6.33. The van der Waals surface area contributed by atoms with E-state index < -0.39 is 0 Å². The molecule has 7 heteroatoms. The van der Waals surface area contributed by atoms with E-state index in [9.17, 15) is 4.79 Å². The Hall–Kier alpha value is -2.99. The molecule has 0 bridgehead atoms. The molecule has 152 valence electrons. The van der Waals surface area contributed by atoms with Gasteiger partial charge in [0.25, 0.3) is 5.91 Å². The molecule has 3 rings (SSSR count). The van der Waals surface area contributed by atoms with Crippen LogP contribution in [0.4, 0.5) is 0 Å². The van der Waals surface area contributed by atoms with Gasteiger partial charge in [-0.15, -0.1) is 0 Å². The van der Waals surface area contributed by atoms with Crippen LogP contribution in [0.2, 0.25) is 5.02 Å². The fraction of sp³-hybridized carbons (Fsp3) is 0.273. The van der Waals surface area contributed by atoms with Crippen LogP contribution < -0.4 is 14.8 Å². The number of carbonyl (C=O) groups excluding carboxylic acids is 1. The minimum absolute atomic E-state index is 0.256. The lowest BCUT2D eigenvalue weighted by atomic mass is 10.1. The summed E-state index contributed by atoms with van der Waals surface area (Å²) < 4.78 is 12.9. The molecule has 0 aliphatic rings. The standard InChI is InChI=1S/C22H24ClN3O3/c1-15(2)14-29-21-19(23)9-17(10-20(21)28-3)22(27)24-11-16-12-25-26(13-16)18-7-5-4-6-8-18/h4-10,12-13,15H,11,14H2,1-3H3,(H,24,27). The molecule has 0 unspecified atom stereocenters. The highest BCUT2D eigenvalue weighted by Gasteiger charge is 2.16. The third kappa shape index (κ3) is 5.29. The summed E-state index contributed by atoms with van der Waals surface area (Å²) in [5, 5.41) is 7.55. The Bertz CT molecular complexity index is 971. The SMILES string of the molecule is COc1cc(C(=O)NCc2cnn(-c3ccccc3)c2)cc(Cl)c1OCC(C)C. The van der Waals surface area contributed by atoms with Crippen molar-refractivity contribution >= 4 is 17.5 Å². The third-order valence-electron chi connectivity index (χ3n) is 4.16. The van der Waals surface area contributed by atoms with Gasteiger partial charge in [0.05, 0.1) is 30.6 Å². The van der Waals surface area contributed by atoms with Gasteiger partial charge in [-0.25, -0.2) is 4.68 Å². The van der Waals surface area contributed by atoms with Crippen molar-refractivity contribution in [3.8, 4) is 17.2 Å². The highest BCUT2D eigenvalue weighted by atomic mass is 35.5. The van der Waals surface area contributed by atoms with Crippen LogP contribution in [0.15, 0.2) is 54.9 Å². The van der Waals surface area contributed by atoms with Gasteiger partial charge >= 0.3 is 0 Å². The van der Waals surface area contributed by atoms with Crippen molar-refractivity contribution in [1.82, 2.24) is 15.1 Å². The predicted molar refractivity (Wildman–Crippen MR) is 113 cm³/mol. The fourth-order valence-corrected chi connectivity index (χ4v) is 2.96. The first kappa shape index (κ1) is 20.7. The van der Waals surface area contributed by atoms with E-state index in [0.717, 1.165) is 11.3 Å². The first-order valence-corrected chi connectivity index (χ1v) is 9.73. The van der Waals surface area contributed by atoms with Crippen molar-refractivity contribution in [1.29, 1.82) is 0 Å². The number of amides is 1. The Morgan fingerprint density at radius 2 is 2.00 bits per heavy atom. The summed E-state index contributed by atoms with van der Waals surface area (Å²) in [5.41, 5.74) is 2.25. The van der Waals surface area contributed by atoms with Crippen molar-refractivity contribution < 1.29 is 14.3 Å². The van der Waals surface area contributed by atoms with Gasteiger partial charge in [0.2, 0.25) is 0 Å². The summed E-state index contributed by atoms with van der Waals surface area (Å²) in [6, 6.07) is 13.0. The lowest BCUT2D eigenvalue weighted by molar-refractivity contribution is 0.0950. The van der Waals surface area contributed by atoms with Crippen LogP contribution in [0.5, 0.6) is 11.5 Å². The zero-order valence-electron chi connectivity index (χ0n) is 16.7. The van der Waals surface area contributed by atoms with Crippen molar-refractivity contribution in [3.63, 3.8) is 0 Å². The number of rotatable bonds is 8. The minimum Gasteiger partial charge on any atom is -0.493 e. The second kappa shape index (κ2) is 9.47. The normalized spacial score (nSPS) is 10.8. The summed E-state index contributed by atoms with van der Waals surface area (Å²) in [6.07, 6.45) is 3.61. The lowest BCUT2D eigenvalue weighted by Crippen LogP contribution is -2.22. The number of halogens is 1. The molecule has 1 aromatic heterocycles. The Balaban J connectivity index is 1.68. The Morgan fingerprint density at radius 3 is 2.69 bits per heavy atom. The van der Waals surface area contributed by atoms with Crippen LogP contribution in [0.3, 0.4) is 0 Å². The zero-order valence-corrected chi connectivity index (χ0v) is 17.4. The molecule has 0 saturated heterocycles. The van der Waals surface area contributed by atoms with Crippen LogP contribution in [-0.2, 0) is 6.54 Å². The van der Waals surface area contributed by atoms with E-state index in [1.807, 2.05) is 50.4 Å². The maximum Gasteiger partial charge on any atom is 0.251 e. The van der Waals surface area contributed by atoms with Gasteiger partial charge in [-0.3, -0.25) is 4.79 Å². The molecule has 29 heavy (non-hydrogen) atoms. The van der Waals surface area contributed by atoms with Crippen LogP contribution in [0, 0.1) is 5.92 Å². The number of nitrogens with one attached hydrogen (secondary N) is 1. The average molecular weight is 414 g/mol. The zero-order chi connectivity index (χ0) is 20.8. The molecule has 3 aromatic rings. The molecular formula is C22H24ClN3O3. The van der Waals surface area contributed by atoms with Crippen molar-refractivity contribution in [3.05, 3.63) is 71.0 Å². The summed E-state index contributed by atoms with van der Waals surface area (Å²) in [5.74, 6) is 0.965. The molecule has 0 atom stereocenters. The van der Waals surface area contributed by atoms with Crippen LogP contribution in [0.1, 0.15) is 29.8 Å². The average Bonchev–Trinajstić information content (AvgIpc) is 3.20. The second-order valence-corrected chi connectivity index (χ2v) is 7.41. The van der Waals surface area contributed by atoms with E-state index >= 15 is 0 Å². The van der Waals surface area contributed by atoms with Crippen LogP contribution in [-0.4, -0.2) is 29.4 Å². The molecule has 1 amide bonds. The predicted octanol–water partition coefficient (Wildman–Crippen LogP) is 4.50. The lowest BCUT2D eigenvalue weighted by Gasteiger charge is -2.15. The highest BCUT2D eigenvalue weighted by Crippen LogP contribution is 2.36. The van der Waals surface area contributed by atoms with E-state index in [-0.39, 0.29) is 5.91 Å². The molecule has 0 aliphatic heterocycles. The van der Waals surface area contributed by atoms with Gasteiger partial charge in [0.15, 0.2) is 11.5 Å². The molecular weight excluding hydrogens is 390 g/mol. The number of aromatic nitrogens is 2. The van der Waals surface area contributed by atoms with Gasteiger partial charge < -0.3 is 14.8 Å². The largest absolute Gasteiger partial charge is 0.493 e. The van der Waals surface area contributed by atoms with Gasteiger partial charge in [-0.2, -0.15) is 5.10 Å². The summed E-state index contributed by atoms with van der Waals surface area (Å²) in [4.78, 5) is 12.6. The molecule has 0 aliphatic carbocycles. The topological polar surface area (TPSA) is 65.4 Å². The monoisotopic (exact) mass is 413 g/mol. The first-order valence-electron chi connectivity index (χ1n) is 9.35. The van der Waals surface area contributed by atoms with E-state index in [0.29, 0.717) is 41.2 Å². The third-order valence-corrected chi connectivity index (χ3v) is 4.44. The molecule has 2 aromatic carbocycles. The number of hydrogen-bond acceptors (Lipinski definition) is 4. The number of nitrogens with zero attached hydrogens (tertiary/aromatic N) is 2. The number of benzene rings is 2. The fourth-order valence-electron chi connectivity index (χ4n) is 2.70. The molecule has 0 radical (unpaired) electrons. The maximum atomic E-state index is 12.6. The van der Waals surface area contributed by atoms with Crippen molar-refractivity contribution in [2.24, 2.45) is 5.92 Å².